The number of carbonyl (C=O) groups is 2. The second kappa shape index (κ2) is 12.0. The first-order chi connectivity index (χ1) is 15.1. The number of amides is 1. The molecule has 0 aliphatic heterocycles. The van der Waals surface area contributed by atoms with E-state index in [1.807, 2.05) is 37.2 Å². The van der Waals surface area contributed by atoms with Gasteiger partial charge in [0.25, 0.3) is 0 Å². The molecule has 0 heterocycles. The number of nitrogens with one attached hydrogen (secondary N) is 1. The molecule has 174 valence electrons. The van der Waals surface area contributed by atoms with E-state index in [1.165, 1.54) is 0 Å². The van der Waals surface area contributed by atoms with Crippen LogP contribution in [0.15, 0.2) is 48.5 Å². The molecule has 0 radical (unpaired) electrons. The van der Waals surface area contributed by atoms with Crippen LogP contribution in [0.4, 0.5) is 16.2 Å². The minimum absolute atomic E-state index is 0.0556. The summed E-state index contributed by atoms with van der Waals surface area (Å²) >= 11 is 0. The average Bonchev–Trinajstić information content (AvgIpc) is 2.72. The largest absolute Gasteiger partial charge is 0.487 e. The van der Waals surface area contributed by atoms with Crippen molar-refractivity contribution >= 4 is 23.4 Å². The van der Waals surface area contributed by atoms with Gasteiger partial charge in [0, 0.05) is 31.9 Å². The van der Waals surface area contributed by atoms with Gasteiger partial charge in [-0.3, -0.25) is 5.32 Å². The highest BCUT2D eigenvalue weighted by atomic mass is 16.6. The standard InChI is InChI=1S/C24H32N2O6/c1-16(2)31-22(23(27)28)14-18-7-6-8-21(13-18)32-17(3)15-30-24(29)25-19-9-11-20(12-10-19)26(4)5/h6-13,16-17,22H,14-15H2,1-5H3,(H,25,29)(H,27,28). The molecule has 32 heavy (non-hydrogen) atoms. The van der Waals surface area contributed by atoms with Gasteiger partial charge in [-0.15, -0.1) is 0 Å². The van der Waals surface area contributed by atoms with Crippen molar-refractivity contribution in [3.8, 4) is 5.75 Å². The van der Waals surface area contributed by atoms with Gasteiger partial charge < -0.3 is 24.2 Å². The van der Waals surface area contributed by atoms with Crippen LogP contribution in [0, 0.1) is 0 Å². The Balaban J connectivity index is 1.84. The highest BCUT2D eigenvalue weighted by Gasteiger charge is 2.20. The number of hydrogen-bond donors (Lipinski definition) is 2. The molecule has 2 aromatic rings. The van der Waals surface area contributed by atoms with Crippen LogP contribution in [0.2, 0.25) is 0 Å². The maximum absolute atomic E-state index is 12.0. The van der Waals surface area contributed by atoms with E-state index in [0.29, 0.717) is 11.4 Å². The van der Waals surface area contributed by atoms with Crippen LogP contribution < -0.4 is 15.0 Å². The SMILES string of the molecule is CC(C)OC(Cc1cccc(OC(C)COC(=O)Nc2ccc(N(C)C)cc2)c1)C(=O)O. The van der Waals surface area contributed by atoms with Crippen LogP contribution >= 0.6 is 0 Å². The van der Waals surface area contributed by atoms with Gasteiger partial charge >= 0.3 is 12.1 Å². The molecule has 0 fully saturated rings. The Labute approximate surface area is 189 Å². The molecule has 0 spiro atoms. The van der Waals surface area contributed by atoms with Crippen LogP contribution in [-0.2, 0) is 20.7 Å². The molecule has 0 saturated carbocycles. The molecule has 0 aromatic heterocycles. The molecule has 2 rings (SSSR count). The van der Waals surface area contributed by atoms with Crippen molar-refractivity contribution in [2.75, 3.05) is 30.9 Å². The lowest BCUT2D eigenvalue weighted by molar-refractivity contribution is -0.153. The summed E-state index contributed by atoms with van der Waals surface area (Å²) in [5.74, 6) is -0.443. The number of benzene rings is 2. The molecule has 0 aliphatic rings. The Morgan fingerprint density at radius 3 is 2.34 bits per heavy atom. The molecule has 0 aliphatic carbocycles. The Bertz CT molecular complexity index is 882. The summed E-state index contributed by atoms with van der Waals surface area (Å²) in [7, 11) is 3.88. The highest BCUT2D eigenvalue weighted by Crippen LogP contribution is 2.18. The number of carboxylic acids is 1. The number of carbonyl (C=O) groups excluding carboxylic acids is 1. The molecular weight excluding hydrogens is 412 g/mol. The summed E-state index contributed by atoms with van der Waals surface area (Å²) in [6, 6.07) is 14.5. The highest BCUT2D eigenvalue weighted by molar-refractivity contribution is 5.84. The van der Waals surface area contributed by atoms with Crippen LogP contribution in [0.3, 0.4) is 0 Å². The minimum atomic E-state index is -1.01. The number of aliphatic carboxylic acids is 1. The van der Waals surface area contributed by atoms with E-state index in [1.54, 1.807) is 51.1 Å². The molecule has 2 N–H and O–H groups in total. The summed E-state index contributed by atoms with van der Waals surface area (Å²) in [6.07, 6.45) is -1.85. The minimum Gasteiger partial charge on any atom is -0.487 e. The fraction of sp³-hybridized carbons (Fsp3) is 0.417. The van der Waals surface area contributed by atoms with Gasteiger partial charge in [0.2, 0.25) is 0 Å². The molecule has 0 bridgehead atoms. The van der Waals surface area contributed by atoms with E-state index >= 15 is 0 Å². The Morgan fingerprint density at radius 2 is 1.75 bits per heavy atom. The van der Waals surface area contributed by atoms with E-state index in [9.17, 15) is 14.7 Å². The normalized spacial score (nSPS) is 12.7. The quantitative estimate of drug-likeness (QED) is 0.536. The zero-order chi connectivity index (χ0) is 23.7. The van der Waals surface area contributed by atoms with Gasteiger partial charge in [-0.05, 0) is 62.7 Å². The molecule has 2 unspecified atom stereocenters. The second-order valence-electron chi connectivity index (χ2n) is 7.96. The fourth-order valence-electron chi connectivity index (χ4n) is 2.94. The number of carboxylic acid groups (broad SMARTS) is 1. The predicted octanol–water partition coefficient (Wildman–Crippen LogP) is 4.19. The molecule has 0 saturated heterocycles. The van der Waals surface area contributed by atoms with Crippen molar-refractivity contribution in [1.82, 2.24) is 0 Å². The summed E-state index contributed by atoms with van der Waals surface area (Å²) in [5, 5.41) is 12.0. The number of rotatable bonds is 11. The van der Waals surface area contributed by atoms with Gasteiger partial charge in [0.15, 0.2) is 6.10 Å². The first kappa shape index (κ1) is 25.0. The van der Waals surface area contributed by atoms with E-state index < -0.39 is 24.3 Å². The van der Waals surface area contributed by atoms with Crippen LogP contribution in [-0.4, -0.2) is 56.2 Å². The van der Waals surface area contributed by atoms with E-state index in [2.05, 4.69) is 5.32 Å². The van der Waals surface area contributed by atoms with E-state index in [-0.39, 0.29) is 19.1 Å². The third-order valence-corrected chi connectivity index (χ3v) is 4.45. The second-order valence-corrected chi connectivity index (χ2v) is 7.96. The topological polar surface area (TPSA) is 97.3 Å². The van der Waals surface area contributed by atoms with Crippen molar-refractivity contribution in [2.45, 2.75) is 45.5 Å². The van der Waals surface area contributed by atoms with Gasteiger partial charge in [-0.1, -0.05) is 12.1 Å². The average molecular weight is 445 g/mol. The molecule has 8 nitrogen and oxygen atoms in total. The number of hydrogen-bond acceptors (Lipinski definition) is 6. The number of anilines is 2. The van der Waals surface area contributed by atoms with Gasteiger partial charge in [0.1, 0.15) is 18.5 Å². The van der Waals surface area contributed by atoms with E-state index in [4.69, 9.17) is 14.2 Å². The lowest BCUT2D eigenvalue weighted by atomic mass is 10.1. The molecule has 2 atom stereocenters. The van der Waals surface area contributed by atoms with Gasteiger partial charge in [-0.2, -0.15) is 0 Å². The van der Waals surface area contributed by atoms with Crippen molar-refractivity contribution in [1.29, 1.82) is 0 Å². The Kier molecular flexibility index (Phi) is 9.34. The first-order valence-electron chi connectivity index (χ1n) is 10.5. The third kappa shape index (κ3) is 8.47. The van der Waals surface area contributed by atoms with Crippen LogP contribution in [0.5, 0.6) is 5.75 Å². The fourth-order valence-corrected chi connectivity index (χ4v) is 2.94. The van der Waals surface area contributed by atoms with Crippen molar-refractivity contribution in [3.05, 3.63) is 54.1 Å². The van der Waals surface area contributed by atoms with Crippen molar-refractivity contribution in [3.63, 3.8) is 0 Å². The molecular formula is C24H32N2O6. The van der Waals surface area contributed by atoms with Crippen molar-refractivity contribution in [2.24, 2.45) is 0 Å². The first-order valence-corrected chi connectivity index (χ1v) is 10.5. The van der Waals surface area contributed by atoms with Gasteiger partial charge in [-0.25, -0.2) is 9.59 Å². The van der Waals surface area contributed by atoms with Crippen LogP contribution in [0.1, 0.15) is 26.3 Å². The summed E-state index contributed by atoms with van der Waals surface area (Å²) in [5.41, 5.74) is 2.44. The monoisotopic (exact) mass is 444 g/mol. The summed E-state index contributed by atoms with van der Waals surface area (Å²) < 4.78 is 16.5. The predicted molar refractivity (Wildman–Crippen MR) is 124 cm³/mol. The third-order valence-electron chi connectivity index (χ3n) is 4.45. The maximum atomic E-state index is 12.0. The number of nitrogens with zero attached hydrogens (tertiary/aromatic N) is 1. The zero-order valence-corrected chi connectivity index (χ0v) is 19.2. The molecule has 8 heteroatoms. The van der Waals surface area contributed by atoms with Crippen molar-refractivity contribution < 1.29 is 28.9 Å². The lowest BCUT2D eigenvalue weighted by Crippen LogP contribution is -2.29. The smallest absolute Gasteiger partial charge is 0.411 e. The van der Waals surface area contributed by atoms with Gasteiger partial charge in [0.05, 0.1) is 6.10 Å². The maximum Gasteiger partial charge on any atom is 0.411 e. The molecule has 2 aromatic carbocycles. The van der Waals surface area contributed by atoms with E-state index in [0.717, 1.165) is 11.3 Å². The summed E-state index contributed by atoms with van der Waals surface area (Å²) in [4.78, 5) is 25.4. The zero-order valence-electron chi connectivity index (χ0n) is 19.2. The Hall–Kier alpha value is -3.26. The molecule has 1 amide bonds. The summed E-state index contributed by atoms with van der Waals surface area (Å²) in [6.45, 7) is 5.44. The van der Waals surface area contributed by atoms with Crippen LogP contribution in [0.25, 0.3) is 0 Å². The lowest BCUT2D eigenvalue weighted by Gasteiger charge is -2.18. The Morgan fingerprint density at radius 1 is 1.06 bits per heavy atom. The number of ether oxygens (including phenoxy) is 3.